The Hall–Kier alpha value is -1.55. The summed E-state index contributed by atoms with van der Waals surface area (Å²) in [6.07, 6.45) is 1.08. The Balaban J connectivity index is 2.00. The van der Waals surface area contributed by atoms with Crippen LogP contribution in [0.1, 0.15) is 37.6 Å². The van der Waals surface area contributed by atoms with Crippen LogP contribution in [0.4, 0.5) is 5.69 Å². The van der Waals surface area contributed by atoms with Crippen LogP contribution < -0.4 is 11.1 Å². The van der Waals surface area contributed by atoms with E-state index in [0.717, 1.165) is 6.42 Å². The van der Waals surface area contributed by atoms with Crippen molar-refractivity contribution < 1.29 is 9.53 Å². The first-order valence-electron chi connectivity index (χ1n) is 6.73. The average Bonchev–Trinajstić information content (AvgIpc) is 2.38. The summed E-state index contributed by atoms with van der Waals surface area (Å²) in [6.45, 7) is 6.94. The molecule has 1 aliphatic rings. The van der Waals surface area contributed by atoms with Gasteiger partial charge in [0, 0.05) is 23.8 Å². The number of ether oxygens (including phenoxy) is 1. The van der Waals surface area contributed by atoms with E-state index in [1.54, 1.807) is 12.1 Å². The van der Waals surface area contributed by atoms with Crippen LogP contribution in [0.15, 0.2) is 24.3 Å². The van der Waals surface area contributed by atoms with Crippen LogP contribution in [0.5, 0.6) is 0 Å². The van der Waals surface area contributed by atoms with Gasteiger partial charge in [0.1, 0.15) is 0 Å². The average molecular weight is 262 g/mol. The molecule has 0 spiro atoms. The summed E-state index contributed by atoms with van der Waals surface area (Å²) in [5.74, 6) is -0.105. The van der Waals surface area contributed by atoms with E-state index in [1.165, 1.54) is 0 Å². The monoisotopic (exact) mass is 262 g/mol. The number of carbonyl (C=O) groups excluding carboxylic acids is 1. The van der Waals surface area contributed by atoms with Crippen LogP contribution in [0.25, 0.3) is 0 Å². The number of anilines is 1. The number of nitrogens with two attached hydrogens (primary N) is 1. The van der Waals surface area contributed by atoms with E-state index in [4.69, 9.17) is 10.5 Å². The van der Waals surface area contributed by atoms with Crippen LogP contribution in [0.2, 0.25) is 0 Å². The van der Waals surface area contributed by atoms with Crippen molar-refractivity contribution >= 4 is 11.6 Å². The summed E-state index contributed by atoms with van der Waals surface area (Å²) in [7, 11) is 0. The minimum absolute atomic E-state index is 0.0325. The zero-order valence-electron chi connectivity index (χ0n) is 11.8. The highest BCUT2D eigenvalue weighted by Crippen LogP contribution is 2.42. The summed E-state index contributed by atoms with van der Waals surface area (Å²) in [5.41, 5.74) is 6.83. The number of amides is 1. The normalized spacial score (nSPS) is 24.6. The zero-order chi connectivity index (χ0) is 14.0. The maximum atomic E-state index is 12.2. The quantitative estimate of drug-likeness (QED) is 0.818. The van der Waals surface area contributed by atoms with Crippen molar-refractivity contribution in [1.29, 1.82) is 0 Å². The van der Waals surface area contributed by atoms with Gasteiger partial charge >= 0.3 is 0 Å². The first-order chi connectivity index (χ1) is 8.96. The van der Waals surface area contributed by atoms with Crippen LogP contribution in [0, 0.1) is 5.41 Å². The van der Waals surface area contributed by atoms with Gasteiger partial charge in [-0.2, -0.15) is 0 Å². The van der Waals surface area contributed by atoms with E-state index in [1.807, 2.05) is 19.1 Å². The molecule has 1 amide bonds. The lowest BCUT2D eigenvalue weighted by Crippen LogP contribution is -2.62. The largest absolute Gasteiger partial charge is 0.398 e. The Morgan fingerprint density at radius 1 is 1.47 bits per heavy atom. The smallest absolute Gasteiger partial charge is 0.253 e. The lowest BCUT2D eigenvalue weighted by atomic mass is 9.64. The maximum Gasteiger partial charge on any atom is 0.253 e. The molecule has 3 N–H and O–H groups in total. The molecule has 0 bridgehead atoms. The van der Waals surface area contributed by atoms with Crippen molar-refractivity contribution in [2.45, 2.75) is 39.3 Å². The predicted octanol–water partition coefficient (Wildman–Crippen LogP) is 2.20. The van der Waals surface area contributed by atoms with Crippen LogP contribution in [-0.4, -0.2) is 24.7 Å². The summed E-state index contributed by atoms with van der Waals surface area (Å²) < 4.78 is 5.66. The molecule has 2 unspecified atom stereocenters. The van der Waals surface area contributed by atoms with Gasteiger partial charge in [0.05, 0.1) is 11.7 Å². The predicted molar refractivity (Wildman–Crippen MR) is 75.9 cm³/mol. The molecular formula is C15H22N2O2. The molecule has 104 valence electrons. The second kappa shape index (κ2) is 5.21. The molecule has 1 aliphatic carbocycles. The van der Waals surface area contributed by atoms with Gasteiger partial charge < -0.3 is 15.8 Å². The number of carbonyl (C=O) groups is 1. The fraction of sp³-hybridized carbons (Fsp3) is 0.533. The third-order valence-electron chi connectivity index (χ3n) is 4.06. The van der Waals surface area contributed by atoms with Crippen LogP contribution in [-0.2, 0) is 4.74 Å². The SMILES string of the molecule is CCOC1CC(NC(=O)c2ccccc2N)C1(C)C. The molecule has 0 radical (unpaired) electrons. The number of nitrogen functional groups attached to an aromatic ring is 1. The van der Waals surface area contributed by atoms with Crippen molar-refractivity contribution in [3.05, 3.63) is 29.8 Å². The summed E-state index contributed by atoms with van der Waals surface area (Å²) in [4.78, 5) is 12.2. The van der Waals surface area contributed by atoms with Crippen molar-refractivity contribution in [2.75, 3.05) is 12.3 Å². The minimum Gasteiger partial charge on any atom is -0.398 e. The topological polar surface area (TPSA) is 64.3 Å². The Kier molecular flexibility index (Phi) is 3.80. The zero-order valence-corrected chi connectivity index (χ0v) is 11.8. The molecular weight excluding hydrogens is 240 g/mol. The fourth-order valence-corrected chi connectivity index (χ4v) is 2.55. The molecule has 0 saturated heterocycles. The number of benzene rings is 1. The van der Waals surface area contributed by atoms with Gasteiger partial charge in [0.2, 0.25) is 0 Å². The molecule has 1 aromatic carbocycles. The molecule has 19 heavy (non-hydrogen) atoms. The number of nitrogens with one attached hydrogen (secondary N) is 1. The number of hydrogen-bond acceptors (Lipinski definition) is 3. The third kappa shape index (κ3) is 2.59. The van der Waals surface area contributed by atoms with Gasteiger partial charge in [-0.15, -0.1) is 0 Å². The van der Waals surface area contributed by atoms with Gasteiger partial charge in [-0.25, -0.2) is 0 Å². The Morgan fingerprint density at radius 3 is 2.74 bits per heavy atom. The summed E-state index contributed by atoms with van der Waals surface area (Å²) >= 11 is 0. The minimum atomic E-state index is -0.105. The lowest BCUT2D eigenvalue weighted by molar-refractivity contribution is -0.111. The Morgan fingerprint density at radius 2 is 2.16 bits per heavy atom. The van der Waals surface area contributed by atoms with Gasteiger partial charge in [-0.1, -0.05) is 26.0 Å². The van der Waals surface area contributed by atoms with E-state index >= 15 is 0 Å². The lowest BCUT2D eigenvalue weighted by Gasteiger charge is -2.51. The Labute approximate surface area is 114 Å². The fourth-order valence-electron chi connectivity index (χ4n) is 2.55. The Bertz CT molecular complexity index is 471. The van der Waals surface area contributed by atoms with E-state index in [0.29, 0.717) is 17.9 Å². The standard InChI is InChI=1S/C15H22N2O2/c1-4-19-13-9-12(15(13,2)3)17-14(18)10-7-5-6-8-11(10)16/h5-8,12-13H,4,9,16H2,1-3H3,(H,17,18). The van der Waals surface area contributed by atoms with E-state index in [9.17, 15) is 4.79 Å². The number of para-hydroxylation sites is 1. The van der Waals surface area contributed by atoms with Crippen LogP contribution in [0.3, 0.4) is 0 Å². The molecule has 0 aromatic heterocycles. The van der Waals surface area contributed by atoms with Gasteiger partial charge in [0.25, 0.3) is 5.91 Å². The molecule has 1 fully saturated rings. The first kappa shape index (κ1) is 13.9. The molecule has 1 saturated carbocycles. The van der Waals surface area contributed by atoms with Gasteiger partial charge in [-0.3, -0.25) is 4.79 Å². The van der Waals surface area contributed by atoms with E-state index in [2.05, 4.69) is 19.2 Å². The second-order valence-corrected chi connectivity index (χ2v) is 5.61. The van der Waals surface area contributed by atoms with E-state index < -0.39 is 0 Å². The highest BCUT2D eigenvalue weighted by molar-refractivity contribution is 5.99. The molecule has 2 atom stereocenters. The summed E-state index contributed by atoms with van der Waals surface area (Å²) in [5, 5.41) is 3.05. The van der Waals surface area contributed by atoms with Crippen molar-refractivity contribution in [3.63, 3.8) is 0 Å². The van der Waals surface area contributed by atoms with Crippen molar-refractivity contribution in [3.8, 4) is 0 Å². The molecule has 4 heteroatoms. The summed E-state index contributed by atoms with van der Waals surface area (Å²) in [6, 6.07) is 7.27. The van der Waals surface area contributed by atoms with Gasteiger partial charge in [-0.05, 0) is 25.5 Å². The maximum absolute atomic E-state index is 12.2. The van der Waals surface area contributed by atoms with Crippen molar-refractivity contribution in [2.24, 2.45) is 5.41 Å². The second-order valence-electron chi connectivity index (χ2n) is 5.61. The highest BCUT2D eigenvalue weighted by atomic mass is 16.5. The number of hydrogen-bond donors (Lipinski definition) is 2. The molecule has 1 aromatic rings. The third-order valence-corrected chi connectivity index (χ3v) is 4.06. The van der Waals surface area contributed by atoms with E-state index in [-0.39, 0.29) is 23.5 Å². The first-order valence-corrected chi connectivity index (χ1v) is 6.73. The molecule has 4 nitrogen and oxygen atoms in total. The highest BCUT2D eigenvalue weighted by Gasteiger charge is 2.49. The molecule has 0 heterocycles. The van der Waals surface area contributed by atoms with Crippen LogP contribution >= 0.6 is 0 Å². The number of rotatable bonds is 4. The molecule has 2 rings (SSSR count). The molecule has 0 aliphatic heterocycles. The van der Waals surface area contributed by atoms with Crippen molar-refractivity contribution in [1.82, 2.24) is 5.32 Å². The van der Waals surface area contributed by atoms with Gasteiger partial charge in [0.15, 0.2) is 0 Å².